The lowest BCUT2D eigenvalue weighted by atomic mass is 10.0. The van der Waals surface area contributed by atoms with E-state index in [1.54, 1.807) is 30.3 Å². The molecule has 0 N–H and O–H groups in total. The molecule has 0 fully saturated rings. The fourth-order valence-corrected chi connectivity index (χ4v) is 3.47. The van der Waals surface area contributed by atoms with E-state index in [0.717, 1.165) is 11.3 Å². The summed E-state index contributed by atoms with van der Waals surface area (Å²) in [6.45, 7) is 0. The van der Waals surface area contributed by atoms with Crippen LogP contribution in [0.5, 0.6) is 0 Å². The van der Waals surface area contributed by atoms with Gasteiger partial charge in [0, 0.05) is 23.6 Å². The van der Waals surface area contributed by atoms with E-state index in [-0.39, 0.29) is 22.1 Å². The molecule has 0 aliphatic carbocycles. The molecule has 0 spiro atoms. The fourth-order valence-electron chi connectivity index (χ4n) is 2.57. The number of aromatic nitrogens is 1. The lowest BCUT2D eigenvalue weighted by molar-refractivity contribution is -0.143. The Morgan fingerprint density at radius 1 is 0.931 bits per heavy atom. The molecule has 0 radical (unpaired) electrons. The van der Waals surface area contributed by atoms with Crippen molar-refractivity contribution >= 4 is 17.2 Å². The molecular weight excluding hydrogens is 418 g/mol. The van der Waals surface area contributed by atoms with Crippen LogP contribution in [0.25, 0.3) is 11.3 Å². The summed E-state index contributed by atoms with van der Waals surface area (Å²) in [5, 5.41) is 1.35. The zero-order valence-electron chi connectivity index (χ0n) is 14.7. The first kappa shape index (κ1) is 20.8. The molecule has 2 aromatic carbocycles. The second-order valence-electron chi connectivity index (χ2n) is 6.04. The van der Waals surface area contributed by atoms with Crippen LogP contribution < -0.4 is 4.80 Å². The number of thiazole rings is 1. The van der Waals surface area contributed by atoms with Crippen molar-refractivity contribution in [2.75, 3.05) is 0 Å². The van der Waals surface area contributed by atoms with Crippen molar-refractivity contribution in [1.82, 2.24) is 4.57 Å². The highest BCUT2D eigenvalue weighted by atomic mass is 32.1. The quantitative estimate of drug-likeness (QED) is 0.492. The zero-order chi connectivity index (χ0) is 21.4. The van der Waals surface area contributed by atoms with Gasteiger partial charge < -0.3 is 4.57 Å². The van der Waals surface area contributed by atoms with Crippen LogP contribution in [0.3, 0.4) is 0 Å². The predicted octanol–water partition coefficient (Wildman–Crippen LogP) is 5.53. The fraction of sp³-hybridized carbons (Fsp3) is 0.158. The number of nitrogens with zero attached hydrogens (tertiary/aromatic N) is 2. The molecule has 1 heterocycles. The standard InChI is InChI=1S/C19H12F6N2OS/c1-27-15(10-29-17(27)26-16(28)11-5-3-2-4-6-11)12-7-13(18(20,21)22)9-14(8-12)19(23,24)25/h2-10H,1H3/b26-17+. The van der Waals surface area contributed by atoms with Crippen molar-refractivity contribution < 1.29 is 31.1 Å². The minimum Gasteiger partial charge on any atom is -0.319 e. The second kappa shape index (κ2) is 7.51. The van der Waals surface area contributed by atoms with Crippen molar-refractivity contribution in [1.29, 1.82) is 0 Å². The van der Waals surface area contributed by atoms with Gasteiger partial charge in [-0.2, -0.15) is 31.3 Å². The number of alkyl halides is 6. The van der Waals surface area contributed by atoms with E-state index in [1.807, 2.05) is 0 Å². The van der Waals surface area contributed by atoms with Crippen LogP contribution in [0.2, 0.25) is 0 Å². The minimum atomic E-state index is -4.94. The highest BCUT2D eigenvalue weighted by molar-refractivity contribution is 7.07. The maximum atomic E-state index is 13.1. The number of hydrogen-bond acceptors (Lipinski definition) is 2. The molecule has 0 saturated heterocycles. The molecule has 0 aliphatic heterocycles. The van der Waals surface area contributed by atoms with Crippen LogP contribution in [0.4, 0.5) is 26.3 Å². The third-order valence-corrected chi connectivity index (χ3v) is 4.94. The predicted molar refractivity (Wildman–Crippen MR) is 95.1 cm³/mol. The molecule has 3 rings (SSSR count). The van der Waals surface area contributed by atoms with Crippen LogP contribution in [0, 0.1) is 0 Å². The van der Waals surface area contributed by atoms with E-state index in [0.29, 0.717) is 17.7 Å². The summed E-state index contributed by atoms with van der Waals surface area (Å²) < 4.78 is 79.8. The van der Waals surface area contributed by atoms with Crippen molar-refractivity contribution in [3.63, 3.8) is 0 Å². The van der Waals surface area contributed by atoms with Crippen molar-refractivity contribution in [3.8, 4) is 11.3 Å². The zero-order valence-corrected chi connectivity index (χ0v) is 15.5. The molecule has 0 aliphatic rings. The molecule has 3 nitrogen and oxygen atoms in total. The van der Waals surface area contributed by atoms with Crippen LogP contribution in [-0.2, 0) is 19.4 Å². The van der Waals surface area contributed by atoms with Gasteiger partial charge in [-0.1, -0.05) is 18.2 Å². The van der Waals surface area contributed by atoms with Crippen molar-refractivity contribution in [2.45, 2.75) is 12.4 Å². The molecular formula is C19H12F6N2OS. The van der Waals surface area contributed by atoms with Gasteiger partial charge in [0.1, 0.15) is 0 Å². The van der Waals surface area contributed by atoms with Crippen LogP contribution in [0.15, 0.2) is 58.9 Å². The normalized spacial score (nSPS) is 13.0. The highest BCUT2D eigenvalue weighted by Gasteiger charge is 2.37. The molecule has 29 heavy (non-hydrogen) atoms. The first-order valence-electron chi connectivity index (χ1n) is 8.05. The smallest absolute Gasteiger partial charge is 0.319 e. The largest absolute Gasteiger partial charge is 0.416 e. The van der Waals surface area contributed by atoms with Gasteiger partial charge in [-0.05, 0) is 30.3 Å². The lowest BCUT2D eigenvalue weighted by Gasteiger charge is -2.14. The second-order valence-corrected chi connectivity index (χ2v) is 6.88. The summed E-state index contributed by atoms with van der Waals surface area (Å²) in [5.74, 6) is -0.574. The first-order chi connectivity index (χ1) is 13.5. The molecule has 0 unspecified atom stereocenters. The van der Waals surface area contributed by atoms with E-state index in [1.165, 1.54) is 17.0 Å². The molecule has 0 atom stereocenters. The molecule has 1 amide bonds. The monoisotopic (exact) mass is 430 g/mol. The summed E-state index contributed by atoms with van der Waals surface area (Å²) >= 11 is 0.934. The molecule has 0 saturated carbocycles. The Kier molecular flexibility index (Phi) is 5.40. The topological polar surface area (TPSA) is 34.4 Å². The number of carbonyl (C=O) groups is 1. The summed E-state index contributed by atoms with van der Waals surface area (Å²) in [7, 11) is 1.41. The van der Waals surface area contributed by atoms with Gasteiger partial charge in [-0.3, -0.25) is 4.79 Å². The van der Waals surface area contributed by atoms with Gasteiger partial charge in [0.25, 0.3) is 5.91 Å². The van der Waals surface area contributed by atoms with E-state index in [2.05, 4.69) is 4.99 Å². The first-order valence-corrected chi connectivity index (χ1v) is 8.93. The average Bonchev–Trinajstić information content (AvgIpc) is 3.01. The molecule has 10 heteroatoms. The minimum absolute atomic E-state index is 0.0695. The number of benzene rings is 2. The maximum Gasteiger partial charge on any atom is 0.416 e. The number of halogens is 6. The summed E-state index contributed by atoms with van der Waals surface area (Å²) in [4.78, 5) is 16.3. The lowest BCUT2D eigenvalue weighted by Crippen LogP contribution is -2.15. The van der Waals surface area contributed by atoms with E-state index in [9.17, 15) is 31.1 Å². The Labute approximate surface area is 164 Å². The van der Waals surface area contributed by atoms with Crippen molar-refractivity contribution in [3.05, 3.63) is 75.4 Å². The third-order valence-electron chi connectivity index (χ3n) is 4.03. The Morgan fingerprint density at radius 2 is 1.48 bits per heavy atom. The summed E-state index contributed by atoms with van der Waals surface area (Å²) in [5.41, 5.74) is -2.72. The SMILES string of the molecule is Cn1c(-c2cc(C(F)(F)F)cc(C(F)(F)F)c2)cs/c1=N/C(=O)c1ccccc1. The van der Waals surface area contributed by atoms with Gasteiger partial charge >= 0.3 is 12.4 Å². The number of carbonyl (C=O) groups excluding carboxylic acids is 1. The number of hydrogen-bond donors (Lipinski definition) is 0. The van der Waals surface area contributed by atoms with Gasteiger partial charge in [-0.25, -0.2) is 0 Å². The van der Waals surface area contributed by atoms with Gasteiger partial charge in [0.15, 0.2) is 4.80 Å². The number of rotatable bonds is 2. The maximum absolute atomic E-state index is 13.1. The molecule has 1 aromatic heterocycles. The molecule has 152 valence electrons. The Bertz CT molecular complexity index is 1080. The highest BCUT2D eigenvalue weighted by Crippen LogP contribution is 2.38. The van der Waals surface area contributed by atoms with Crippen LogP contribution in [0.1, 0.15) is 21.5 Å². The van der Waals surface area contributed by atoms with Crippen LogP contribution in [-0.4, -0.2) is 10.5 Å². The van der Waals surface area contributed by atoms with E-state index < -0.39 is 29.4 Å². The molecule has 0 bridgehead atoms. The van der Waals surface area contributed by atoms with E-state index in [4.69, 9.17) is 0 Å². The molecule has 3 aromatic rings. The summed E-state index contributed by atoms with van der Waals surface area (Å²) in [6.07, 6.45) is -9.89. The van der Waals surface area contributed by atoms with Gasteiger partial charge in [0.2, 0.25) is 0 Å². The number of amides is 1. The van der Waals surface area contributed by atoms with Gasteiger partial charge in [0.05, 0.1) is 16.8 Å². The Balaban J connectivity index is 2.11. The Morgan fingerprint density at radius 3 is 2.00 bits per heavy atom. The van der Waals surface area contributed by atoms with E-state index >= 15 is 0 Å². The summed E-state index contributed by atoms with van der Waals surface area (Å²) in [6, 6.07) is 9.44. The average molecular weight is 430 g/mol. The third kappa shape index (κ3) is 4.58. The van der Waals surface area contributed by atoms with Gasteiger partial charge in [-0.15, -0.1) is 11.3 Å². The van der Waals surface area contributed by atoms with Crippen LogP contribution >= 0.6 is 11.3 Å². The Hall–Kier alpha value is -2.88. The van der Waals surface area contributed by atoms with Crippen molar-refractivity contribution in [2.24, 2.45) is 12.0 Å².